The van der Waals surface area contributed by atoms with Gasteiger partial charge in [-0.2, -0.15) is 0 Å². The smallest absolute Gasteiger partial charge is 0.226 e. The Morgan fingerprint density at radius 2 is 1.84 bits per heavy atom. The molecular formula is C13H17Cl2FN2O. The summed E-state index contributed by atoms with van der Waals surface area (Å²) in [4.78, 5) is 11.9. The Kier molecular flexibility index (Phi) is 5.18. The fraction of sp³-hybridized carbons (Fsp3) is 0.462. The first-order valence-corrected chi connectivity index (χ1v) is 6.57. The Hall–Kier alpha value is -0.840. The molecule has 106 valence electrons. The standard InChI is InChI=1S/C13H17Cl2FN2O/c1-13(2,3)10(17)6-11(19)18-12-8(14)4-7(16)5-9(12)15/h4-5,10H,6,17H2,1-3H3,(H,18,19). The van der Waals surface area contributed by atoms with Crippen molar-refractivity contribution in [2.75, 3.05) is 5.32 Å². The van der Waals surface area contributed by atoms with Crippen molar-refractivity contribution in [3.8, 4) is 0 Å². The molecule has 1 aromatic carbocycles. The first-order chi connectivity index (χ1) is 8.61. The van der Waals surface area contributed by atoms with Gasteiger partial charge in [0.1, 0.15) is 5.82 Å². The molecule has 1 atom stereocenters. The third-order valence-corrected chi connectivity index (χ3v) is 3.39. The number of hydrogen-bond acceptors (Lipinski definition) is 2. The highest BCUT2D eigenvalue weighted by Gasteiger charge is 2.23. The van der Waals surface area contributed by atoms with Crippen molar-refractivity contribution in [2.24, 2.45) is 11.1 Å². The lowest BCUT2D eigenvalue weighted by Gasteiger charge is -2.26. The molecule has 1 aromatic rings. The highest BCUT2D eigenvalue weighted by atomic mass is 35.5. The van der Waals surface area contributed by atoms with Gasteiger partial charge in [-0.15, -0.1) is 0 Å². The third kappa shape index (κ3) is 4.64. The van der Waals surface area contributed by atoms with Crippen LogP contribution in [-0.2, 0) is 4.79 Å². The number of carbonyl (C=O) groups excluding carboxylic acids is 1. The lowest BCUT2D eigenvalue weighted by Crippen LogP contribution is -2.38. The number of benzene rings is 1. The second-order valence-electron chi connectivity index (χ2n) is 5.47. The predicted molar refractivity (Wildman–Crippen MR) is 77.1 cm³/mol. The van der Waals surface area contributed by atoms with E-state index in [1.165, 1.54) is 0 Å². The van der Waals surface area contributed by atoms with Crippen LogP contribution in [0.4, 0.5) is 10.1 Å². The lowest BCUT2D eigenvalue weighted by atomic mass is 9.85. The minimum Gasteiger partial charge on any atom is -0.327 e. The van der Waals surface area contributed by atoms with Crippen molar-refractivity contribution in [3.05, 3.63) is 28.0 Å². The highest BCUT2D eigenvalue weighted by molar-refractivity contribution is 6.39. The van der Waals surface area contributed by atoms with E-state index in [-0.39, 0.29) is 39.5 Å². The summed E-state index contributed by atoms with van der Waals surface area (Å²) < 4.78 is 13.0. The van der Waals surface area contributed by atoms with Gasteiger partial charge in [-0.25, -0.2) is 4.39 Å². The van der Waals surface area contributed by atoms with Crippen LogP contribution in [0, 0.1) is 11.2 Å². The quantitative estimate of drug-likeness (QED) is 0.891. The molecule has 0 spiro atoms. The van der Waals surface area contributed by atoms with Crippen LogP contribution >= 0.6 is 23.2 Å². The number of carbonyl (C=O) groups is 1. The van der Waals surface area contributed by atoms with Gasteiger partial charge in [0.25, 0.3) is 0 Å². The maximum absolute atomic E-state index is 13.0. The van der Waals surface area contributed by atoms with Crippen LogP contribution in [0.25, 0.3) is 0 Å². The van der Waals surface area contributed by atoms with Gasteiger partial charge in [-0.3, -0.25) is 4.79 Å². The zero-order chi connectivity index (χ0) is 14.8. The van der Waals surface area contributed by atoms with Crippen molar-refractivity contribution >= 4 is 34.8 Å². The van der Waals surface area contributed by atoms with Gasteiger partial charge in [0, 0.05) is 12.5 Å². The molecule has 3 N–H and O–H groups in total. The topological polar surface area (TPSA) is 55.1 Å². The molecule has 1 rings (SSSR count). The van der Waals surface area contributed by atoms with Crippen molar-refractivity contribution < 1.29 is 9.18 Å². The van der Waals surface area contributed by atoms with Gasteiger partial charge in [0.2, 0.25) is 5.91 Å². The van der Waals surface area contributed by atoms with Gasteiger partial charge in [0.15, 0.2) is 0 Å². The van der Waals surface area contributed by atoms with E-state index in [2.05, 4.69) is 5.32 Å². The monoisotopic (exact) mass is 306 g/mol. The van der Waals surface area contributed by atoms with Crippen LogP contribution in [0.3, 0.4) is 0 Å². The number of amides is 1. The first kappa shape index (κ1) is 16.2. The van der Waals surface area contributed by atoms with E-state index >= 15 is 0 Å². The van der Waals surface area contributed by atoms with E-state index in [0.29, 0.717) is 0 Å². The lowest BCUT2D eigenvalue weighted by molar-refractivity contribution is -0.117. The van der Waals surface area contributed by atoms with Crippen LogP contribution in [-0.4, -0.2) is 11.9 Å². The third-order valence-electron chi connectivity index (χ3n) is 2.79. The number of anilines is 1. The minimum absolute atomic E-state index is 0.0580. The van der Waals surface area contributed by atoms with Gasteiger partial charge in [0.05, 0.1) is 15.7 Å². The van der Waals surface area contributed by atoms with Crippen LogP contribution in [0.1, 0.15) is 27.2 Å². The van der Waals surface area contributed by atoms with E-state index in [0.717, 1.165) is 12.1 Å². The summed E-state index contributed by atoms with van der Waals surface area (Å²) in [6.07, 6.45) is 0.132. The molecule has 0 aliphatic heterocycles. The van der Waals surface area contributed by atoms with E-state index in [1.807, 2.05) is 20.8 Å². The number of rotatable bonds is 3. The average Bonchev–Trinajstić information content (AvgIpc) is 2.21. The molecule has 0 fully saturated rings. The fourth-order valence-electron chi connectivity index (χ4n) is 1.36. The summed E-state index contributed by atoms with van der Waals surface area (Å²) in [7, 11) is 0. The summed E-state index contributed by atoms with van der Waals surface area (Å²) in [6, 6.07) is 1.88. The SMILES string of the molecule is CC(C)(C)C(N)CC(=O)Nc1c(Cl)cc(F)cc1Cl. The molecule has 1 unspecified atom stereocenters. The molecule has 3 nitrogen and oxygen atoms in total. The maximum Gasteiger partial charge on any atom is 0.226 e. The Bertz CT molecular complexity index is 463. The van der Waals surface area contributed by atoms with E-state index in [1.54, 1.807) is 0 Å². The zero-order valence-corrected chi connectivity index (χ0v) is 12.6. The number of nitrogens with one attached hydrogen (secondary N) is 1. The van der Waals surface area contributed by atoms with Crippen LogP contribution < -0.4 is 11.1 Å². The average molecular weight is 307 g/mol. The largest absolute Gasteiger partial charge is 0.327 e. The van der Waals surface area contributed by atoms with Crippen LogP contribution in [0.15, 0.2) is 12.1 Å². The molecule has 1 amide bonds. The van der Waals surface area contributed by atoms with Gasteiger partial charge >= 0.3 is 0 Å². The molecule has 0 aromatic heterocycles. The Labute approximate surface area is 122 Å². The Morgan fingerprint density at radius 3 is 2.26 bits per heavy atom. The maximum atomic E-state index is 13.0. The summed E-state index contributed by atoms with van der Waals surface area (Å²) >= 11 is 11.7. The molecule has 0 bridgehead atoms. The number of hydrogen-bond donors (Lipinski definition) is 2. The van der Waals surface area contributed by atoms with E-state index < -0.39 is 5.82 Å². The normalized spacial score (nSPS) is 13.2. The van der Waals surface area contributed by atoms with E-state index in [9.17, 15) is 9.18 Å². The molecule has 0 aliphatic carbocycles. The summed E-state index contributed by atoms with van der Waals surface area (Å²) in [5.41, 5.74) is 5.94. The fourth-order valence-corrected chi connectivity index (χ4v) is 1.91. The van der Waals surface area contributed by atoms with Crippen molar-refractivity contribution in [1.82, 2.24) is 0 Å². The minimum atomic E-state index is -0.556. The number of halogens is 3. The Balaban J connectivity index is 2.79. The van der Waals surface area contributed by atoms with Gasteiger partial charge in [-0.05, 0) is 17.5 Å². The Morgan fingerprint density at radius 1 is 1.37 bits per heavy atom. The molecule has 0 heterocycles. The summed E-state index contributed by atoms with van der Waals surface area (Å²) in [5.74, 6) is -0.864. The second kappa shape index (κ2) is 6.07. The number of nitrogens with two attached hydrogens (primary N) is 1. The van der Waals surface area contributed by atoms with Crippen molar-refractivity contribution in [1.29, 1.82) is 0 Å². The molecular weight excluding hydrogens is 290 g/mol. The molecule has 6 heteroatoms. The molecule has 0 saturated carbocycles. The van der Waals surface area contributed by atoms with Crippen LogP contribution in [0.5, 0.6) is 0 Å². The summed E-state index contributed by atoms with van der Waals surface area (Å²) in [6.45, 7) is 5.84. The van der Waals surface area contributed by atoms with E-state index in [4.69, 9.17) is 28.9 Å². The first-order valence-electron chi connectivity index (χ1n) is 5.81. The molecule has 0 aliphatic rings. The highest BCUT2D eigenvalue weighted by Crippen LogP contribution is 2.31. The predicted octanol–water partition coefficient (Wildman–Crippen LogP) is 3.83. The van der Waals surface area contributed by atoms with Crippen molar-refractivity contribution in [2.45, 2.75) is 33.2 Å². The zero-order valence-electron chi connectivity index (χ0n) is 11.1. The van der Waals surface area contributed by atoms with Crippen molar-refractivity contribution in [3.63, 3.8) is 0 Å². The molecule has 0 saturated heterocycles. The van der Waals surface area contributed by atoms with Gasteiger partial charge in [-0.1, -0.05) is 44.0 Å². The molecule has 19 heavy (non-hydrogen) atoms. The summed E-state index contributed by atoms with van der Waals surface area (Å²) in [5, 5.41) is 2.68. The van der Waals surface area contributed by atoms with Crippen LogP contribution in [0.2, 0.25) is 10.0 Å². The second-order valence-corrected chi connectivity index (χ2v) is 6.28. The molecule has 0 radical (unpaired) electrons. The van der Waals surface area contributed by atoms with Gasteiger partial charge < -0.3 is 11.1 Å².